The Morgan fingerprint density at radius 1 is 1.45 bits per heavy atom. The molecule has 122 valence electrons. The minimum absolute atomic E-state index is 0.0935. The van der Waals surface area contributed by atoms with E-state index in [1.165, 1.54) is 6.07 Å². The predicted molar refractivity (Wildman–Crippen MR) is 84.6 cm³/mol. The quantitative estimate of drug-likeness (QED) is 0.799. The van der Waals surface area contributed by atoms with Crippen molar-refractivity contribution in [1.29, 1.82) is 0 Å². The summed E-state index contributed by atoms with van der Waals surface area (Å²) in [5.74, 6) is 0. The van der Waals surface area contributed by atoms with Gasteiger partial charge in [-0.05, 0) is 18.1 Å². The van der Waals surface area contributed by atoms with Crippen molar-refractivity contribution < 1.29 is 13.9 Å². The Morgan fingerprint density at radius 3 is 2.86 bits per heavy atom. The lowest BCUT2D eigenvalue weighted by Gasteiger charge is -2.37. The highest BCUT2D eigenvalue weighted by molar-refractivity contribution is 6.74. The maximum absolute atomic E-state index is 11.4. The maximum Gasteiger partial charge on any atom is 0.302 e. The van der Waals surface area contributed by atoms with Gasteiger partial charge < -0.3 is 13.9 Å². The monoisotopic (exact) mass is 324 g/mol. The van der Waals surface area contributed by atoms with Crippen LogP contribution in [0.25, 0.3) is 0 Å². The number of nitrogens with zero attached hydrogens (tertiary/aromatic N) is 2. The molecule has 0 amide bonds. The normalized spacial score (nSPS) is 27.4. The molecule has 3 atom stereocenters. The second kappa shape index (κ2) is 5.18. The minimum atomic E-state index is -1.81. The molecule has 7 heteroatoms. The van der Waals surface area contributed by atoms with E-state index >= 15 is 0 Å². The molecular formula is C15H24N2O4Si. The summed E-state index contributed by atoms with van der Waals surface area (Å²) in [6.07, 6.45) is 2.13. The van der Waals surface area contributed by atoms with Crippen molar-refractivity contribution in [3.8, 4) is 6.01 Å². The molecule has 0 aromatic carbocycles. The number of hydrogen-bond donors (Lipinski definition) is 0. The second-order valence-electron chi connectivity index (χ2n) is 7.55. The van der Waals surface area contributed by atoms with Crippen molar-refractivity contribution in [2.45, 2.75) is 63.8 Å². The van der Waals surface area contributed by atoms with Crippen molar-refractivity contribution in [2.24, 2.45) is 0 Å². The van der Waals surface area contributed by atoms with Gasteiger partial charge in [-0.2, -0.15) is 4.98 Å². The average Bonchev–Trinajstić information content (AvgIpc) is 2.72. The fourth-order valence-electron chi connectivity index (χ4n) is 2.49. The van der Waals surface area contributed by atoms with Crippen LogP contribution in [0.2, 0.25) is 18.1 Å². The molecule has 0 N–H and O–H groups in total. The molecule has 22 heavy (non-hydrogen) atoms. The standard InChI is InChI=1S/C15H24N2O4Si/c1-15(2,3)22(4,5)19-9-11-10-8-13(20-11)17-7-6-12(18)16-14(17)21-10/h6-7,10-11,13H,8-9H2,1-5H3/t10-,11+,13-/m1/s1. The average molecular weight is 324 g/mol. The highest BCUT2D eigenvalue weighted by atomic mass is 28.4. The molecule has 0 unspecified atom stereocenters. The molecule has 1 aromatic heterocycles. The summed E-state index contributed by atoms with van der Waals surface area (Å²) >= 11 is 0. The second-order valence-corrected chi connectivity index (χ2v) is 12.4. The molecule has 6 nitrogen and oxygen atoms in total. The van der Waals surface area contributed by atoms with Crippen LogP contribution in [-0.4, -0.2) is 36.7 Å². The summed E-state index contributed by atoms with van der Waals surface area (Å²) in [6, 6.07) is 1.78. The van der Waals surface area contributed by atoms with E-state index in [-0.39, 0.29) is 29.0 Å². The molecule has 1 aromatic rings. The van der Waals surface area contributed by atoms with Gasteiger partial charge in [0.25, 0.3) is 5.56 Å². The van der Waals surface area contributed by atoms with Crippen LogP contribution in [0.3, 0.4) is 0 Å². The molecule has 2 aliphatic heterocycles. The van der Waals surface area contributed by atoms with Crippen LogP contribution in [0, 0.1) is 0 Å². The van der Waals surface area contributed by atoms with E-state index in [2.05, 4.69) is 38.8 Å². The Labute approximate surface area is 131 Å². The Morgan fingerprint density at radius 2 is 2.18 bits per heavy atom. The minimum Gasteiger partial charge on any atom is -0.458 e. The van der Waals surface area contributed by atoms with Crippen molar-refractivity contribution in [3.63, 3.8) is 0 Å². The van der Waals surface area contributed by atoms with E-state index in [4.69, 9.17) is 13.9 Å². The molecule has 3 heterocycles. The summed E-state index contributed by atoms with van der Waals surface area (Å²) in [4.78, 5) is 15.3. The summed E-state index contributed by atoms with van der Waals surface area (Å²) in [7, 11) is -1.81. The van der Waals surface area contributed by atoms with E-state index in [9.17, 15) is 4.79 Å². The summed E-state index contributed by atoms with van der Waals surface area (Å²) in [5.41, 5.74) is -0.290. The lowest BCUT2D eigenvalue weighted by atomic mass is 10.2. The van der Waals surface area contributed by atoms with Gasteiger partial charge in [0.1, 0.15) is 18.4 Å². The zero-order valence-corrected chi connectivity index (χ0v) is 14.8. The van der Waals surface area contributed by atoms with Crippen LogP contribution in [0.5, 0.6) is 6.01 Å². The maximum atomic E-state index is 11.4. The zero-order chi connectivity index (χ0) is 16.1. The fourth-order valence-corrected chi connectivity index (χ4v) is 3.50. The Kier molecular flexibility index (Phi) is 3.69. The molecular weight excluding hydrogens is 300 g/mol. The van der Waals surface area contributed by atoms with Crippen molar-refractivity contribution in [1.82, 2.24) is 9.55 Å². The van der Waals surface area contributed by atoms with E-state index < -0.39 is 8.32 Å². The van der Waals surface area contributed by atoms with Gasteiger partial charge in [-0.15, -0.1) is 0 Å². The van der Waals surface area contributed by atoms with Crippen LogP contribution in [0.4, 0.5) is 0 Å². The van der Waals surface area contributed by atoms with Crippen molar-refractivity contribution in [3.05, 3.63) is 22.6 Å². The SMILES string of the molecule is CC(C)(C)[Si](C)(C)OC[C@@H]1O[C@@H]2C[C@H]1Oc1nc(=O)ccn12. The van der Waals surface area contributed by atoms with E-state index in [1.54, 1.807) is 10.8 Å². The Bertz CT molecular complexity index is 623. The van der Waals surface area contributed by atoms with E-state index in [0.29, 0.717) is 12.6 Å². The highest BCUT2D eigenvalue weighted by Gasteiger charge is 2.45. The van der Waals surface area contributed by atoms with E-state index in [0.717, 1.165) is 6.42 Å². The summed E-state index contributed by atoms with van der Waals surface area (Å²) in [6.45, 7) is 11.6. The fraction of sp³-hybridized carbons (Fsp3) is 0.733. The molecule has 3 rings (SSSR count). The molecule has 0 spiro atoms. The first-order valence-corrected chi connectivity index (χ1v) is 10.6. The molecule has 1 saturated heterocycles. The van der Waals surface area contributed by atoms with Crippen molar-refractivity contribution in [2.75, 3.05) is 6.61 Å². The zero-order valence-electron chi connectivity index (χ0n) is 13.8. The number of rotatable bonds is 3. The van der Waals surface area contributed by atoms with Gasteiger partial charge in [0.15, 0.2) is 8.32 Å². The first-order valence-electron chi connectivity index (χ1n) is 7.73. The summed E-state index contributed by atoms with van der Waals surface area (Å²) in [5, 5.41) is 0.165. The third kappa shape index (κ3) is 2.73. The summed E-state index contributed by atoms with van der Waals surface area (Å²) < 4.78 is 19.9. The largest absolute Gasteiger partial charge is 0.458 e. The van der Waals surface area contributed by atoms with Gasteiger partial charge in [0.2, 0.25) is 0 Å². The number of hydrogen-bond acceptors (Lipinski definition) is 5. The van der Waals surface area contributed by atoms with Crippen LogP contribution in [0.15, 0.2) is 17.1 Å². The number of aromatic nitrogens is 2. The molecule has 2 bridgehead atoms. The molecule has 1 fully saturated rings. The highest BCUT2D eigenvalue weighted by Crippen LogP contribution is 2.40. The smallest absolute Gasteiger partial charge is 0.302 e. The van der Waals surface area contributed by atoms with Gasteiger partial charge in [0, 0.05) is 18.7 Å². The first kappa shape index (κ1) is 15.7. The van der Waals surface area contributed by atoms with Crippen LogP contribution >= 0.6 is 0 Å². The molecule has 0 saturated carbocycles. The first-order chi connectivity index (χ1) is 10.2. The van der Waals surface area contributed by atoms with Crippen LogP contribution in [-0.2, 0) is 9.16 Å². The van der Waals surface area contributed by atoms with Crippen LogP contribution in [0.1, 0.15) is 33.4 Å². The van der Waals surface area contributed by atoms with Gasteiger partial charge in [0.05, 0.1) is 6.61 Å². The van der Waals surface area contributed by atoms with Gasteiger partial charge in [-0.1, -0.05) is 20.8 Å². The number of ether oxygens (including phenoxy) is 2. The predicted octanol–water partition coefficient (Wildman–Crippen LogP) is 2.31. The molecule has 0 aliphatic carbocycles. The third-order valence-electron chi connectivity index (χ3n) is 4.97. The Balaban J connectivity index is 1.70. The van der Waals surface area contributed by atoms with Crippen molar-refractivity contribution >= 4 is 8.32 Å². The van der Waals surface area contributed by atoms with E-state index in [1.807, 2.05) is 0 Å². The lowest BCUT2D eigenvalue weighted by Crippen LogP contribution is -2.44. The molecule has 0 radical (unpaired) electrons. The third-order valence-corrected chi connectivity index (χ3v) is 9.47. The van der Waals surface area contributed by atoms with Gasteiger partial charge in [-0.25, -0.2) is 0 Å². The van der Waals surface area contributed by atoms with Crippen LogP contribution < -0.4 is 10.3 Å². The van der Waals surface area contributed by atoms with Gasteiger partial charge >= 0.3 is 6.01 Å². The van der Waals surface area contributed by atoms with Gasteiger partial charge in [-0.3, -0.25) is 9.36 Å². The Hall–Kier alpha value is -1.18. The topological polar surface area (TPSA) is 62.6 Å². The number of fused-ring (bicyclic) bond motifs is 4. The lowest BCUT2D eigenvalue weighted by molar-refractivity contribution is -0.0219. The molecule has 2 aliphatic rings.